The SMILES string of the molecule is CO[C@@H]1CN(Cc2ccc(Cl)cc2C#N)C[C@H]1c1cn(C)nn1. The second-order valence-corrected chi connectivity index (χ2v) is 6.24. The third-order valence-electron chi connectivity index (χ3n) is 4.23. The van der Waals surface area contributed by atoms with Gasteiger partial charge in [0.2, 0.25) is 0 Å². The van der Waals surface area contributed by atoms with Crippen LogP contribution in [0.25, 0.3) is 0 Å². The van der Waals surface area contributed by atoms with Crippen LogP contribution in [0.1, 0.15) is 22.7 Å². The number of hydrogen-bond donors (Lipinski definition) is 0. The molecule has 0 unspecified atom stereocenters. The molecule has 6 nitrogen and oxygen atoms in total. The van der Waals surface area contributed by atoms with Gasteiger partial charge in [-0.3, -0.25) is 9.58 Å². The van der Waals surface area contributed by atoms with E-state index in [1.54, 1.807) is 17.9 Å². The highest BCUT2D eigenvalue weighted by molar-refractivity contribution is 6.30. The number of rotatable bonds is 4. The van der Waals surface area contributed by atoms with Gasteiger partial charge in [0.15, 0.2) is 0 Å². The first kappa shape index (κ1) is 15.9. The summed E-state index contributed by atoms with van der Waals surface area (Å²) < 4.78 is 7.33. The zero-order valence-electron chi connectivity index (χ0n) is 13.1. The zero-order valence-corrected chi connectivity index (χ0v) is 13.9. The fourth-order valence-corrected chi connectivity index (χ4v) is 3.24. The molecule has 2 aromatic rings. The zero-order chi connectivity index (χ0) is 16.4. The lowest BCUT2D eigenvalue weighted by atomic mass is 10.0. The highest BCUT2D eigenvalue weighted by Gasteiger charge is 2.35. The lowest BCUT2D eigenvalue weighted by Crippen LogP contribution is -2.23. The molecule has 7 heteroatoms. The molecular formula is C16H18ClN5O. The molecule has 120 valence electrons. The van der Waals surface area contributed by atoms with Crippen LogP contribution in [0.5, 0.6) is 0 Å². The number of nitriles is 1. The molecule has 1 aromatic heterocycles. The van der Waals surface area contributed by atoms with Gasteiger partial charge < -0.3 is 4.74 Å². The number of halogens is 1. The quantitative estimate of drug-likeness (QED) is 0.856. The maximum Gasteiger partial charge on any atom is 0.0995 e. The fraction of sp³-hybridized carbons (Fsp3) is 0.438. The Bertz CT molecular complexity index is 738. The van der Waals surface area contributed by atoms with E-state index in [9.17, 15) is 5.26 Å². The van der Waals surface area contributed by atoms with Crippen LogP contribution in [0.15, 0.2) is 24.4 Å². The van der Waals surface area contributed by atoms with E-state index in [-0.39, 0.29) is 12.0 Å². The van der Waals surface area contributed by atoms with Gasteiger partial charge in [-0.05, 0) is 17.7 Å². The van der Waals surface area contributed by atoms with E-state index in [2.05, 4.69) is 21.3 Å². The van der Waals surface area contributed by atoms with Gasteiger partial charge in [-0.25, -0.2) is 0 Å². The Labute approximate surface area is 140 Å². The number of methoxy groups -OCH3 is 1. The van der Waals surface area contributed by atoms with Crippen LogP contribution in [-0.2, 0) is 18.3 Å². The summed E-state index contributed by atoms with van der Waals surface area (Å²) in [5.74, 6) is 0.187. The third kappa shape index (κ3) is 3.37. The Hall–Kier alpha value is -1.94. The third-order valence-corrected chi connectivity index (χ3v) is 4.47. The van der Waals surface area contributed by atoms with Crippen molar-refractivity contribution in [3.05, 3.63) is 46.2 Å². The molecule has 0 amide bonds. The first-order chi connectivity index (χ1) is 11.1. The summed E-state index contributed by atoms with van der Waals surface area (Å²) >= 11 is 5.96. The van der Waals surface area contributed by atoms with E-state index < -0.39 is 0 Å². The molecule has 0 saturated carbocycles. The van der Waals surface area contributed by atoms with E-state index in [4.69, 9.17) is 16.3 Å². The molecule has 3 rings (SSSR count). The van der Waals surface area contributed by atoms with Crippen LogP contribution in [0.3, 0.4) is 0 Å². The molecule has 0 aliphatic carbocycles. The van der Waals surface area contributed by atoms with Gasteiger partial charge in [0.1, 0.15) is 0 Å². The Morgan fingerprint density at radius 3 is 2.91 bits per heavy atom. The van der Waals surface area contributed by atoms with Crippen molar-refractivity contribution in [3.63, 3.8) is 0 Å². The van der Waals surface area contributed by atoms with Gasteiger partial charge in [0, 0.05) is 50.9 Å². The predicted molar refractivity (Wildman–Crippen MR) is 86.0 cm³/mol. The van der Waals surface area contributed by atoms with Gasteiger partial charge in [0.05, 0.1) is 23.4 Å². The minimum Gasteiger partial charge on any atom is -0.379 e. The summed E-state index contributed by atoms with van der Waals surface area (Å²) in [6.45, 7) is 2.31. The molecule has 1 aliphatic heterocycles. The van der Waals surface area contributed by atoms with Crippen molar-refractivity contribution in [2.45, 2.75) is 18.6 Å². The Kier molecular flexibility index (Phi) is 4.62. The summed E-state index contributed by atoms with van der Waals surface area (Å²) in [6.07, 6.45) is 2.01. The maximum atomic E-state index is 9.27. The average molecular weight is 332 g/mol. The number of hydrogen-bond acceptors (Lipinski definition) is 5. The summed E-state index contributed by atoms with van der Waals surface area (Å²) in [5, 5.41) is 18.1. The van der Waals surface area contributed by atoms with Crippen molar-refractivity contribution in [3.8, 4) is 6.07 Å². The number of benzene rings is 1. The number of nitrogens with zero attached hydrogens (tertiary/aromatic N) is 5. The standard InChI is InChI=1S/C16H18ClN5O/c1-21-9-15(19-20-21)14-8-22(10-16(14)23-2)7-11-3-4-13(17)5-12(11)6-18/h3-5,9,14,16H,7-8,10H2,1-2H3/t14-,16+/m0/s1. The molecule has 0 bridgehead atoms. The van der Waals surface area contributed by atoms with E-state index in [1.165, 1.54) is 0 Å². The van der Waals surface area contributed by atoms with Crippen molar-refractivity contribution >= 4 is 11.6 Å². The minimum atomic E-state index is 0.0736. The highest BCUT2D eigenvalue weighted by Crippen LogP contribution is 2.29. The predicted octanol–water partition coefficient (Wildman–Crippen LogP) is 1.95. The largest absolute Gasteiger partial charge is 0.379 e. The lowest BCUT2D eigenvalue weighted by Gasteiger charge is -2.16. The topological polar surface area (TPSA) is 67.0 Å². The average Bonchev–Trinajstić information content (AvgIpc) is 3.14. The molecule has 1 aromatic carbocycles. The van der Waals surface area contributed by atoms with Crippen LogP contribution < -0.4 is 0 Å². The number of likely N-dealkylation sites (tertiary alicyclic amines) is 1. The number of ether oxygens (including phenoxy) is 1. The molecule has 2 heterocycles. The highest BCUT2D eigenvalue weighted by atomic mass is 35.5. The van der Waals surface area contributed by atoms with Crippen molar-refractivity contribution in [2.24, 2.45) is 7.05 Å². The van der Waals surface area contributed by atoms with E-state index in [0.717, 1.165) is 24.3 Å². The lowest BCUT2D eigenvalue weighted by molar-refractivity contribution is 0.0957. The molecule has 1 aliphatic rings. The van der Waals surface area contributed by atoms with Crippen molar-refractivity contribution in [2.75, 3.05) is 20.2 Å². The molecule has 0 spiro atoms. The Balaban J connectivity index is 1.77. The maximum absolute atomic E-state index is 9.27. The molecule has 23 heavy (non-hydrogen) atoms. The number of aryl methyl sites for hydroxylation is 1. The van der Waals surface area contributed by atoms with Crippen LogP contribution in [0.2, 0.25) is 5.02 Å². The van der Waals surface area contributed by atoms with Crippen molar-refractivity contribution < 1.29 is 4.74 Å². The summed E-state index contributed by atoms with van der Waals surface area (Å²) in [7, 11) is 3.58. The minimum absolute atomic E-state index is 0.0736. The normalized spacial score (nSPS) is 21.5. The van der Waals surface area contributed by atoms with Crippen molar-refractivity contribution in [1.82, 2.24) is 19.9 Å². The van der Waals surface area contributed by atoms with Crippen molar-refractivity contribution in [1.29, 1.82) is 5.26 Å². The molecular weight excluding hydrogens is 314 g/mol. The Morgan fingerprint density at radius 2 is 2.26 bits per heavy atom. The van der Waals surface area contributed by atoms with Gasteiger partial charge in [-0.2, -0.15) is 5.26 Å². The van der Waals surface area contributed by atoms with E-state index in [1.807, 2.05) is 25.4 Å². The smallest absolute Gasteiger partial charge is 0.0995 e. The molecule has 1 fully saturated rings. The molecule has 0 radical (unpaired) electrons. The summed E-state index contributed by atoms with van der Waals surface area (Å²) in [5.41, 5.74) is 2.54. The second kappa shape index (κ2) is 6.67. The van der Waals surface area contributed by atoms with E-state index >= 15 is 0 Å². The first-order valence-electron chi connectivity index (χ1n) is 7.40. The first-order valence-corrected chi connectivity index (χ1v) is 7.78. The van der Waals surface area contributed by atoms with E-state index in [0.29, 0.717) is 17.1 Å². The van der Waals surface area contributed by atoms with Crippen LogP contribution in [0, 0.1) is 11.3 Å². The number of aromatic nitrogens is 3. The molecule has 1 saturated heterocycles. The summed E-state index contributed by atoms with van der Waals surface area (Å²) in [4.78, 5) is 2.28. The Morgan fingerprint density at radius 1 is 1.43 bits per heavy atom. The fourth-order valence-electron chi connectivity index (χ4n) is 3.07. The van der Waals surface area contributed by atoms with Crippen LogP contribution >= 0.6 is 11.6 Å². The van der Waals surface area contributed by atoms with Crippen LogP contribution in [0.4, 0.5) is 0 Å². The molecule has 2 atom stereocenters. The van der Waals surface area contributed by atoms with Gasteiger partial charge in [-0.15, -0.1) is 5.10 Å². The van der Waals surface area contributed by atoms with Gasteiger partial charge >= 0.3 is 0 Å². The second-order valence-electron chi connectivity index (χ2n) is 5.81. The monoisotopic (exact) mass is 331 g/mol. The molecule has 0 N–H and O–H groups in total. The van der Waals surface area contributed by atoms with Gasteiger partial charge in [-0.1, -0.05) is 22.9 Å². The summed E-state index contributed by atoms with van der Waals surface area (Å²) in [6, 6.07) is 7.66. The van der Waals surface area contributed by atoms with Gasteiger partial charge in [0.25, 0.3) is 0 Å². The van der Waals surface area contributed by atoms with Crippen LogP contribution in [-0.4, -0.2) is 46.2 Å².